The van der Waals surface area contributed by atoms with E-state index in [2.05, 4.69) is 5.10 Å². The molecule has 2 rings (SSSR count). The van der Waals surface area contributed by atoms with Gasteiger partial charge < -0.3 is 5.73 Å². The number of benzene rings is 1. The SMILES string of the molecule is Cn1ncc(Cl)c1C(N)c1cc(F)ccc1F. The second kappa shape index (κ2) is 4.43. The van der Waals surface area contributed by atoms with E-state index in [1.165, 1.54) is 10.9 Å². The van der Waals surface area contributed by atoms with Gasteiger partial charge in [-0.15, -0.1) is 0 Å². The normalized spacial score (nSPS) is 12.8. The molecule has 0 aliphatic heterocycles. The van der Waals surface area contributed by atoms with Crippen LogP contribution >= 0.6 is 11.6 Å². The van der Waals surface area contributed by atoms with Crippen LogP contribution in [0.4, 0.5) is 8.78 Å². The van der Waals surface area contributed by atoms with Gasteiger partial charge in [-0.1, -0.05) is 11.6 Å². The van der Waals surface area contributed by atoms with E-state index in [1.54, 1.807) is 7.05 Å². The smallest absolute Gasteiger partial charge is 0.128 e. The molecule has 2 aromatic rings. The van der Waals surface area contributed by atoms with Crippen molar-refractivity contribution in [1.82, 2.24) is 9.78 Å². The van der Waals surface area contributed by atoms with E-state index >= 15 is 0 Å². The van der Waals surface area contributed by atoms with E-state index in [9.17, 15) is 8.78 Å². The van der Waals surface area contributed by atoms with Crippen molar-refractivity contribution in [1.29, 1.82) is 0 Å². The Hall–Kier alpha value is -1.46. The van der Waals surface area contributed by atoms with Crippen molar-refractivity contribution < 1.29 is 8.78 Å². The molecular formula is C11H10ClF2N3. The van der Waals surface area contributed by atoms with Crippen molar-refractivity contribution in [2.75, 3.05) is 0 Å². The standard InChI is InChI=1S/C11H10ClF2N3/c1-17-11(8(12)5-16-17)10(15)7-4-6(13)2-3-9(7)14/h2-5,10H,15H2,1H3. The van der Waals surface area contributed by atoms with E-state index in [4.69, 9.17) is 17.3 Å². The molecule has 17 heavy (non-hydrogen) atoms. The van der Waals surface area contributed by atoms with E-state index in [1.807, 2.05) is 0 Å². The van der Waals surface area contributed by atoms with Gasteiger partial charge in [0.05, 0.1) is 23.0 Å². The third kappa shape index (κ3) is 2.16. The van der Waals surface area contributed by atoms with Crippen LogP contribution in [0.15, 0.2) is 24.4 Å². The van der Waals surface area contributed by atoms with Crippen LogP contribution in [0.25, 0.3) is 0 Å². The molecule has 0 aliphatic rings. The minimum Gasteiger partial charge on any atom is -0.319 e. The lowest BCUT2D eigenvalue weighted by molar-refractivity contribution is 0.567. The minimum atomic E-state index is -0.856. The van der Waals surface area contributed by atoms with Crippen molar-refractivity contribution in [3.8, 4) is 0 Å². The Bertz CT molecular complexity index is 534. The summed E-state index contributed by atoms with van der Waals surface area (Å²) < 4.78 is 28.1. The van der Waals surface area contributed by atoms with Crippen LogP contribution in [0.2, 0.25) is 5.02 Å². The van der Waals surface area contributed by atoms with Gasteiger partial charge in [0.1, 0.15) is 11.6 Å². The van der Waals surface area contributed by atoms with E-state index in [-0.39, 0.29) is 5.56 Å². The van der Waals surface area contributed by atoms with Gasteiger partial charge >= 0.3 is 0 Å². The average molecular weight is 258 g/mol. The summed E-state index contributed by atoms with van der Waals surface area (Å²) in [4.78, 5) is 0. The fourth-order valence-corrected chi connectivity index (χ4v) is 1.95. The highest BCUT2D eigenvalue weighted by Gasteiger charge is 2.20. The summed E-state index contributed by atoms with van der Waals surface area (Å²) in [5.41, 5.74) is 6.37. The predicted octanol–water partition coefficient (Wildman–Crippen LogP) is 2.40. The molecule has 0 bridgehead atoms. The van der Waals surface area contributed by atoms with Crippen LogP contribution < -0.4 is 5.73 Å². The Kier molecular flexibility index (Phi) is 3.13. The van der Waals surface area contributed by atoms with Crippen molar-refractivity contribution in [2.45, 2.75) is 6.04 Å². The first kappa shape index (κ1) is 12.0. The van der Waals surface area contributed by atoms with Gasteiger partial charge in [-0.3, -0.25) is 4.68 Å². The second-order valence-corrected chi connectivity index (χ2v) is 4.05. The summed E-state index contributed by atoms with van der Waals surface area (Å²) in [7, 11) is 1.64. The lowest BCUT2D eigenvalue weighted by Crippen LogP contribution is -2.18. The first-order valence-corrected chi connectivity index (χ1v) is 5.26. The summed E-state index contributed by atoms with van der Waals surface area (Å²) in [6, 6.07) is 2.28. The second-order valence-electron chi connectivity index (χ2n) is 3.64. The zero-order valence-electron chi connectivity index (χ0n) is 8.99. The highest BCUT2D eigenvalue weighted by atomic mass is 35.5. The molecule has 3 nitrogen and oxygen atoms in total. The molecule has 1 atom stereocenters. The van der Waals surface area contributed by atoms with Crippen LogP contribution in [0.1, 0.15) is 17.3 Å². The molecule has 2 N–H and O–H groups in total. The van der Waals surface area contributed by atoms with E-state index < -0.39 is 17.7 Å². The Morgan fingerprint density at radius 3 is 2.71 bits per heavy atom. The van der Waals surface area contributed by atoms with Gasteiger partial charge in [-0.2, -0.15) is 5.10 Å². The first-order chi connectivity index (χ1) is 8.00. The van der Waals surface area contributed by atoms with Gasteiger partial charge in [0, 0.05) is 12.6 Å². The quantitative estimate of drug-likeness (QED) is 0.898. The van der Waals surface area contributed by atoms with Crippen molar-refractivity contribution in [3.05, 3.63) is 52.3 Å². The fraction of sp³-hybridized carbons (Fsp3) is 0.182. The van der Waals surface area contributed by atoms with Crippen LogP contribution in [-0.4, -0.2) is 9.78 Å². The molecular weight excluding hydrogens is 248 g/mol. The molecule has 0 aliphatic carbocycles. The topological polar surface area (TPSA) is 43.8 Å². The first-order valence-electron chi connectivity index (χ1n) is 4.88. The summed E-state index contributed by atoms with van der Waals surface area (Å²) in [5.74, 6) is -1.12. The Morgan fingerprint density at radius 2 is 2.12 bits per heavy atom. The van der Waals surface area contributed by atoms with Crippen LogP contribution in [-0.2, 0) is 7.05 Å². The summed E-state index contributed by atoms with van der Waals surface area (Å²) in [6.07, 6.45) is 1.41. The van der Waals surface area contributed by atoms with Crippen molar-refractivity contribution in [2.24, 2.45) is 12.8 Å². The lowest BCUT2D eigenvalue weighted by Gasteiger charge is -2.14. The molecule has 1 aromatic carbocycles. The van der Waals surface area contributed by atoms with Crippen LogP contribution in [0.5, 0.6) is 0 Å². The molecule has 0 spiro atoms. The number of hydrogen-bond acceptors (Lipinski definition) is 2. The summed E-state index contributed by atoms with van der Waals surface area (Å²) in [5, 5.41) is 4.23. The van der Waals surface area contributed by atoms with Crippen LogP contribution in [0.3, 0.4) is 0 Å². The summed E-state index contributed by atoms with van der Waals surface area (Å²) in [6.45, 7) is 0. The Labute approximate surface area is 102 Å². The zero-order chi connectivity index (χ0) is 12.6. The van der Waals surface area contributed by atoms with Crippen molar-refractivity contribution in [3.63, 3.8) is 0 Å². The zero-order valence-corrected chi connectivity index (χ0v) is 9.75. The van der Waals surface area contributed by atoms with Gasteiger partial charge in [-0.25, -0.2) is 8.78 Å². The molecule has 0 saturated heterocycles. The molecule has 1 aromatic heterocycles. The number of halogens is 3. The van der Waals surface area contributed by atoms with E-state index in [0.717, 1.165) is 18.2 Å². The maximum absolute atomic E-state index is 13.6. The molecule has 6 heteroatoms. The summed E-state index contributed by atoms with van der Waals surface area (Å²) >= 11 is 5.90. The number of aryl methyl sites for hydroxylation is 1. The van der Waals surface area contributed by atoms with Gasteiger partial charge in [0.15, 0.2) is 0 Å². The van der Waals surface area contributed by atoms with Gasteiger partial charge in [0.2, 0.25) is 0 Å². The highest BCUT2D eigenvalue weighted by molar-refractivity contribution is 6.31. The van der Waals surface area contributed by atoms with Crippen LogP contribution in [0, 0.1) is 11.6 Å². The third-order valence-corrected chi connectivity index (χ3v) is 2.82. The fourth-order valence-electron chi connectivity index (χ4n) is 1.67. The molecule has 90 valence electrons. The van der Waals surface area contributed by atoms with Crippen molar-refractivity contribution >= 4 is 11.6 Å². The molecule has 0 fully saturated rings. The number of rotatable bonds is 2. The number of nitrogens with zero attached hydrogens (tertiary/aromatic N) is 2. The lowest BCUT2D eigenvalue weighted by atomic mass is 10.0. The monoisotopic (exact) mass is 257 g/mol. The number of aromatic nitrogens is 2. The number of hydrogen-bond donors (Lipinski definition) is 1. The predicted molar refractivity (Wildman–Crippen MR) is 60.6 cm³/mol. The van der Waals surface area contributed by atoms with Gasteiger partial charge in [-0.05, 0) is 18.2 Å². The third-order valence-electron chi connectivity index (χ3n) is 2.53. The largest absolute Gasteiger partial charge is 0.319 e. The highest BCUT2D eigenvalue weighted by Crippen LogP contribution is 2.27. The molecule has 0 saturated carbocycles. The van der Waals surface area contributed by atoms with Gasteiger partial charge in [0.25, 0.3) is 0 Å². The Morgan fingerprint density at radius 1 is 1.41 bits per heavy atom. The number of nitrogens with two attached hydrogens (primary N) is 1. The van der Waals surface area contributed by atoms with E-state index in [0.29, 0.717) is 10.7 Å². The average Bonchev–Trinajstić information content (AvgIpc) is 2.61. The maximum Gasteiger partial charge on any atom is 0.128 e. The maximum atomic E-state index is 13.6. The molecule has 0 amide bonds. The molecule has 1 unspecified atom stereocenters. The Balaban J connectivity index is 2.50. The minimum absolute atomic E-state index is 0.0514. The molecule has 0 radical (unpaired) electrons. The molecule has 1 heterocycles.